The molecule has 0 radical (unpaired) electrons. The molecular formula is C22H22O4. The van der Waals surface area contributed by atoms with Crippen LogP contribution >= 0.6 is 0 Å². The van der Waals surface area contributed by atoms with Crippen molar-refractivity contribution in [2.24, 2.45) is 0 Å². The Bertz CT molecular complexity index is 946. The van der Waals surface area contributed by atoms with Crippen LogP contribution in [0.25, 0.3) is 10.8 Å². The fourth-order valence-corrected chi connectivity index (χ4v) is 2.83. The van der Waals surface area contributed by atoms with Crippen molar-refractivity contribution in [2.45, 2.75) is 19.8 Å². The number of fused-ring (bicyclic) bond motifs is 1. The number of rotatable bonds is 5. The van der Waals surface area contributed by atoms with Gasteiger partial charge in [0.1, 0.15) is 5.75 Å². The monoisotopic (exact) mass is 350 g/mol. The van der Waals surface area contributed by atoms with Gasteiger partial charge >= 0.3 is 5.97 Å². The summed E-state index contributed by atoms with van der Waals surface area (Å²) in [5.41, 5.74) is 1.94. The van der Waals surface area contributed by atoms with Crippen LogP contribution in [0.1, 0.15) is 24.0 Å². The number of hydrogen-bond donors (Lipinski definition) is 0. The molecule has 0 aliphatic carbocycles. The summed E-state index contributed by atoms with van der Waals surface area (Å²) in [6.45, 7) is 3.80. The highest BCUT2D eigenvalue weighted by molar-refractivity contribution is 5.87. The fourth-order valence-electron chi connectivity index (χ4n) is 2.83. The van der Waals surface area contributed by atoms with E-state index >= 15 is 0 Å². The van der Waals surface area contributed by atoms with Gasteiger partial charge in [0.2, 0.25) is 0 Å². The van der Waals surface area contributed by atoms with Gasteiger partial charge in [-0.05, 0) is 60.0 Å². The molecule has 3 aromatic carbocycles. The van der Waals surface area contributed by atoms with Crippen molar-refractivity contribution in [1.29, 1.82) is 0 Å². The smallest absolute Gasteiger partial charge is 0.318 e. The zero-order chi connectivity index (χ0) is 18.7. The molecule has 3 aromatic rings. The van der Waals surface area contributed by atoms with Crippen LogP contribution < -0.4 is 14.2 Å². The van der Waals surface area contributed by atoms with Crippen LogP contribution in [0, 0.1) is 6.92 Å². The Balaban J connectivity index is 1.83. The molecule has 134 valence electrons. The first-order valence-corrected chi connectivity index (χ1v) is 8.46. The second kappa shape index (κ2) is 7.48. The molecule has 0 aliphatic rings. The molecule has 0 fully saturated rings. The number of methoxy groups -OCH3 is 2. The zero-order valence-corrected chi connectivity index (χ0v) is 15.4. The first-order chi connectivity index (χ1) is 12.5. The van der Waals surface area contributed by atoms with Crippen molar-refractivity contribution in [3.05, 3.63) is 65.7 Å². The summed E-state index contributed by atoms with van der Waals surface area (Å²) in [5.74, 6) is 1.08. The van der Waals surface area contributed by atoms with E-state index in [0.29, 0.717) is 11.5 Å². The molecule has 4 nitrogen and oxygen atoms in total. The molecule has 0 saturated heterocycles. The average molecular weight is 350 g/mol. The molecule has 1 atom stereocenters. The second-order valence-electron chi connectivity index (χ2n) is 6.27. The number of benzene rings is 3. The van der Waals surface area contributed by atoms with Crippen LogP contribution in [0.5, 0.6) is 17.2 Å². The maximum Gasteiger partial charge on any atom is 0.318 e. The molecule has 4 heteroatoms. The van der Waals surface area contributed by atoms with Crippen molar-refractivity contribution in [1.82, 2.24) is 0 Å². The van der Waals surface area contributed by atoms with Gasteiger partial charge in [0.25, 0.3) is 0 Å². The maximum absolute atomic E-state index is 12.6. The number of aryl methyl sites for hydroxylation is 1. The van der Waals surface area contributed by atoms with Gasteiger partial charge in [-0.2, -0.15) is 0 Å². The van der Waals surface area contributed by atoms with Gasteiger partial charge in [-0.1, -0.05) is 30.3 Å². The lowest BCUT2D eigenvalue weighted by Gasteiger charge is -2.15. The highest BCUT2D eigenvalue weighted by Crippen LogP contribution is 2.30. The number of hydrogen-bond acceptors (Lipinski definition) is 4. The maximum atomic E-state index is 12.6. The minimum Gasteiger partial charge on any atom is -0.497 e. The summed E-state index contributed by atoms with van der Waals surface area (Å²) < 4.78 is 16.1. The Kier molecular flexibility index (Phi) is 5.12. The van der Waals surface area contributed by atoms with Crippen LogP contribution in [-0.2, 0) is 4.79 Å². The lowest BCUT2D eigenvalue weighted by Crippen LogP contribution is -2.16. The first-order valence-electron chi connectivity index (χ1n) is 8.46. The van der Waals surface area contributed by atoms with Crippen LogP contribution in [-0.4, -0.2) is 20.2 Å². The molecule has 0 amide bonds. The van der Waals surface area contributed by atoms with Crippen LogP contribution in [0.3, 0.4) is 0 Å². The van der Waals surface area contributed by atoms with Crippen LogP contribution in [0.4, 0.5) is 0 Å². The molecule has 0 aliphatic heterocycles. The lowest BCUT2D eigenvalue weighted by molar-refractivity contribution is -0.135. The van der Waals surface area contributed by atoms with E-state index < -0.39 is 5.92 Å². The minimum absolute atomic E-state index is 0.319. The minimum atomic E-state index is -0.396. The van der Waals surface area contributed by atoms with E-state index in [-0.39, 0.29) is 5.97 Å². The highest BCUT2D eigenvalue weighted by atomic mass is 16.6. The van der Waals surface area contributed by atoms with Crippen molar-refractivity contribution >= 4 is 16.7 Å². The normalized spacial score (nSPS) is 11.8. The number of carbonyl (C=O) groups is 1. The fraction of sp³-hybridized carbons (Fsp3) is 0.227. The van der Waals surface area contributed by atoms with E-state index in [1.54, 1.807) is 20.3 Å². The number of esters is 1. The van der Waals surface area contributed by atoms with Crippen LogP contribution in [0.2, 0.25) is 0 Å². The predicted octanol–water partition coefficient (Wildman–Crippen LogP) is 4.87. The molecule has 26 heavy (non-hydrogen) atoms. The average Bonchev–Trinajstić information content (AvgIpc) is 2.67. The molecule has 0 bridgehead atoms. The SMILES string of the molecule is COc1ccc2cc(C(C)C(=O)Oc3ccc(C)cc3OC)ccc2c1. The van der Waals surface area contributed by atoms with Gasteiger partial charge in [0.15, 0.2) is 11.5 Å². The van der Waals surface area contributed by atoms with E-state index in [0.717, 1.165) is 27.6 Å². The van der Waals surface area contributed by atoms with Crippen molar-refractivity contribution in [3.8, 4) is 17.2 Å². The quantitative estimate of drug-likeness (QED) is 0.486. The van der Waals surface area contributed by atoms with E-state index in [4.69, 9.17) is 14.2 Å². The van der Waals surface area contributed by atoms with Gasteiger partial charge in [0, 0.05) is 0 Å². The Morgan fingerprint density at radius 1 is 0.846 bits per heavy atom. The Labute approximate surface area is 153 Å². The van der Waals surface area contributed by atoms with E-state index in [2.05, 4.69) is 0 Å². The molecule has 0 heterocycles. The van der Waals surface area contributed by atoms with Crippen molar-refractivity contribution in [2.75, 3.05) is 14.2 Å². The Hall–Kier alpha value is -3.01. The second-order valence-corrected chi connectivity index (χ2v) is 6.27. The van der Waals surface area contributed by atoms with Crippen molar-refractivity contribution in [3.63, 3.8) is 0 Å². The molecule has 1 unspecified atom stereocenters. The topological polar surface area (TPSA) is 44.8 Å². The molecular weight excluding hydrogens is 328 g/mol. The third kappa shape index (κ3) is 3.64. The van der Waals surface area contributed by atoms with E-state index in [9.17, 15) is 4.79 Å². The Morgan fingerprint density at radius 2 is 1.58 bits per heavy atom. The summed E-state index contributed by atoms with van der Waals surface area (Å²) in [6, 6.07) is 17.3. The van der Waals surface area contributed by atoms with Crippen molar-refractivity contribution < 1.29 is 19.0 Å². The summed E-state index contributed by atoms with van der Waals surface area (Å²) >= 11 is 0. The number of carbonyl (C=O) groups excluding carboxylic acids is 1. The summed E-state index contributed by atoms with van der Waals surface area (Å²) in [4.78, 5) is 12.6. The first kappa shape index (κ1) is 17.8. The molecule has 3 rings (SSSR count). The number of ether oxygens (including phenoxy) is 3. The highest BCUT2D eigenvalue weighted by Gasteiger charge is 2.19. The van der Waals surface area contributed by atoms with E-state index in [1.165, 1.54) is 0 Å². The van der Waals surface area contributed by atoms with Gasteiger partial charge in [-0.3, -0.25) is 4.79 Å². The van der Waals surface area contributed by atoms with Crippen LogP contribution in [0.15, 0.2) is 54.6 Å². The molecule has 0 aromatic heterocycles. The largest absolute Gasteiger partial charge is 0.497 e. The standard InChI is InChI=1S/C22H22O4/c1-14-5-10-20(21(11-14)25-4)26-22(23)15(2)16-6-7-18-13-19(24-3)9-8-17(18)12-16/h5-13,15H,1-4H3. The summed E-state index contributed by atoms with van der Waals surface area (Å²) in [5, 5.41) is 2.12. The summed E-state index contributed by atoms with van der Waals surface area (Å²) in [6.07, 6.45) is 0. The summed E-state index contributed by atoms with van der Waals surface area (Å²) in [7, 11) is 3.21. The van der Waals surface area contributed by atoms with Gasteiger partial charge in [0.05, 0.1) is 20.1 Å². The molecule has 0 N–H and O–H groups in total. The van der Waals surface area contributed by atoms with Gasteiger partial charge in [-0.15, -0.1) is 0 Å². The Morgan fingerprint density at radius 3 is 2.31 bits per heavy atom. The van der Waals surface area contributed by atoms with E-state index in [1.807, 2.05) is 62.4 Å². The third-order valence-electron chi connectivity index (χ3n) is 4.45. The predicted molar refractivity (Wildman–Crippen MR) is 102 cm³/mol. The zero-order valence-electron chi connectivity index (χ0n) is 15.4. The lowest BCUT2D eigenvalue weighted by atomic mass is 9.98. The van der Waals surface area contributed by atoms with Gasteiger partial charge < -0.3 is 14.2 Å². The molecule has 0 saturated carbocycles. The molecule has 0 spiro atoms. The third-order valence-corrected chi connectivity index (χ3v) is 4.45. The van der Waals surface area contributed by atoms with Gasteiger partial charge in [-0.25, -0.2) is 0 Å².